The summed E-state index contributed by atoms with van der Waals surface area (Å²) in [6.45, 7) is 3.46. The summed E-state index contributed by atoms with van der Waals surface area (Å²) >= 11 is 0. The van der Waals surface area contributed by atoms with Gasteiger partial charge in [-0.2, -0.15) is 0 Å². The molecule has 2 rings (SSSR count). The second-order valence-corrected chi connectivity index (χ2v) is 7.58. The van der Waals surface area contributed by atoms with Crippen LogP contribution in [0.25, 0.3) is 0 Å². The topological polar surface area (TPSA) is 55.4 Å². The molecule has 20 heavy (non-hydrogen) atoms. The summed E-state index contributed by atoms with van der Waals surface area (Å²) < 4.78 is 28.9. The minimum Gasteiger partial charge on any atom is -0.373 e. The Morgan fingerprint density at radius 3 is 2.85 bits per heavy atom. The molecule has 0 saturated carbocycles. The number of fused-ring (bicyclic) bond motifs is 1. The summed E-state index contributed by atoms with van der Waals surface area (Å²) in [6, 6.07) is 8.21. The minimum atomic E-state index is -2.99. The van der Waals surface area contributed by atoms with Gasteiger partial charge >= 0.3 is 0 Å². The maximum Gasteiger partial charge on any atom is 0.148 e. The molecule has 0 aliphatic carbocycles. The lowest BCUT2D eigenvalue weighted by Crippen LogP contribution is -2.37. The van der Waals surface area contributed by atoms with Gasteiger partial charge in [-0.25, -0.2) is 8.42 Å². The van der Waals surface area contributed by atoms with Gasteiger partial charge in [0.25, 0.3) is 0 Å². The van der Waals surface area contributed by atoms with Crippen LogP contribution in [0.5, 0.6) is 0 Å². The fraction of sp³-hybridized carbons (Fsp3) is 0.600. The van der Waals surface area contributed by atoms with Crippen molar-refractivity contribution in [1.82, 2.24) is 5.32 Å². The molecule has 1 N–H and O–H groups in total. The number of nitrogens with one attached hydrogen (secondary N) is 1. The third kappa shape index (κ3) is 4.30. The summed E-state index contributed by atoms with van der Waals surface area (Å²) in [4.78, 5) is 0. The summed E-state index contributed by atoms with van der Waals surface area (Å²) in [5.41, 5.74) is 2.52. The van der Waals surface area contributed by atoms with E-state index in [9.17, 15) is 8.42 Å². The van der Waals surface area contributed by atoms with E-state index in [0.29, 0.717) is 13.0 Å². The van der Waals surface area contributed by atoms with Crippen LogP contribution in [0.3, 0.4) is 0 Å². The van der Waals surface area contributed by atoms with Gasteiger partial charge in [0.05, 0.1) is 18.5 Å². The van der Waals surface area contributed by atoms with Crippen LogP contribution in [0.2, 0.25) is 0 Å². The number of benzene rings is 1. The molecule has 2 unspecified atom stereocenters. The molecule has 1 aliphatic rings. The van der Waals surface area contributed by atoms with Crippen LogP contribution in [0.15, 0.2) is 24.3 Å². The summed E-state index contributed by atoms with van der Waals surface area (Å²) in [7, 11) is -2.99. The Hall–Kier alpha value is -0.910. The molecule has 112 valence electrons. The Kier molecular flexibility index (Phi) is 5.18. The molecule has 0 spiro atoms. The lowest BCUT2D eigenvalue weighted by atomic mass is 9.94. The van der Waals surface area contributed by atoms with Crippen molar-refractivity contribution in [3.8, 4) is 0 Å². The van der Waals surface area contributed by atoms with Crippen LogP contribution in [0.1, 0.15) is 30.6 Å². The SMILES string of the molecule is CCNC(CC1OCCc2ccccc21)CS(C)(=O)=O. The number of rotatable bonds is 6. The normalized spacial score (nSPS) is 20.4. The summed E-state index contributed by atoms with van der Waals surface area (Å²) in [5.74, 6) is 0.156. The van der Waals surface area contributed by atoms with Crippen molar-refractivity contribution in [2.45, 2.75) is 31.9 Å². The van der Waals surface area contributed by atoms with Gasteiger partial charge in [0.2, 0.25) is 0 Å². The first-order chi connectivity index (χ1) is 9.49. The number of hydrogen-bond donors (Lipinski definition) is 1. The van der Waals surface area contributed by atoms with E-state index in [1.165, 1.54) is 17.4 Å². The van der Waals surface area contributed by atoms with Crippen LogP contribution in [-0.4, -0.2) is 39.6 Å². The van der Waals surface area contributed by atoms with E-state index < -0.39 is 9.84 Å². The van der Waals surface area contributed by atoms with E-state index in [4.69, 9.17) is 4.74 Å². The Balaban J connectivity index is 2.11. The van der Waals surface area contributed by atoms with Gasteiger partial charge in [0.1, 0.15) is 9.84 Å². The highest BCUT2D eigenvalue weighted by atomic mass is 32.2. The fourth-order valence-electron chi connectivity index (χ4n) is 2.79. The van der Waals surface area contributed by atoms with E-state index in [1.54, 1.807) is 0 Å². The second-order valence-electron chi connectivity index (χ2n) is 5.39. The molecule has 1 aromatic carbocycles. The van der Waals surface area contributed by atoms with E-state index in [1.807, 2.05) is 19.1 Å². The Morgan fingerprint density at radius 2 is 2.15 bits per heavy atom. The Bertz CT molecular complexity index is 542. The monoisotopic (exact) mass is 297 g/mol. The fourth-order valence-corrected chi connectivity index (χ4v) is 3.78. The highest BCUT2D eigenvalue weighted by Gasteiger charge is 2.25. The predicted octanol–water partition coefficient (Wildman–Crippen LogP) is 1.71. The molecule has 1 aromatic rings. The summed E-state index contributed by atoms with van der Waals surface area (Å²) in [6.07, 6.45) is 2.90. The molecular weight excluding hydrogens is 274 g/mol. The van der Waals surface area contributed by atoms with Crippen molar-refractivity contribution in [2.75, 3.05) is 25.2 Å². The first-order valence-electron chi connectivity index (χ1n) is 7.10. The van der Waals surface area contributed by atoms with Gasteiger partial charge in [-0.3, -0.25) is 0 Å². The Labute approximate surface area is 121 Å². The highest BCUT2D eigenvalue weighted by Crippen LogP contribution is 2.30. The molecule has 0 fully saturated rings. The highest BCUT2D eigenvalue weighted by molar-refractivity contribution is 7.90. The molecule has 0 saturated heterocycles. The van der Waals surface area contributed by atoms with Crippen molar-refractivity contribution in [3.63, 3.8) is 0 Å². The van der Waals surface area contributed by atoms with Crippen LogP contribution in [0, 0.1) is 0 Å². The molecule has 5 heteroatoms. The average Bonchev–Trinajstić information content (AvgIpc) is 2.37. The molecule has 0 bridgehead atoms. The van der Waals surface area contributed by atoms with Crippen LogP contribution in [-0.2, 0) is 21.0 Å². The van der Waals surface area contributed by atoms with E-state index >= 15 is 0 Å². The molecule has 4 nitrogen and oxygen atoms in total. The third-order valence-electron chi connectivity index (χ3n) is 3.59. The van der Waals surface area contributed by atoms with Gasteiger partial charge in [0.15, 0.2) is 0 Å². The zero-order valence-electron chi connectivity index (χ0n) is 12.1. The summed E-state index contributed by atoms with van der Waals surface area (Å²) in [5, 5.41) is 3.26. The quantitative estimate of drug-likeness (QED) is 0.868. The lowest BCUT2D eigenvalue weighted by Gasteiger charge is -2.29. The standard InChI is InChI=1S/C15H23NO3S/c1-3-16-13(11-20(2,17)18)10-15-14-7-5-4-6-12(14)8-9-19-15/h4-7,13,15-16H,3,8-11H2,1-2H3. The first-order valence-corrected chi connectivity index (χ1v) is 9.16. The van der Waals surface area contributed by atoms with Gasteiger partial charge in [-0.05, 0) is 30.5 Å². The van der Waals surface area contributed by atoms with Crippen LogP contribution >= 0.6 is 0 Å². The maximum absolute atomic E-state index is 11.5. The zero-order chi connectivity index (χ0) is 14.6. The lowest BCUT2D eigenvalue weighted by molar-refractivity contribution is 0.0311. The van der Waals surface area contributed by atoms with Gasteiger partial charge in [-0.1, -0.05) is 31.2 Å². The van der Waals surface area contributed by atoms with Gasteiger partial charge < -0.3 is 10.1 Å². The zero-order valence-corrected chi connectivity index (χ0v) is 12.9. The van der Waals surface area contributed by atoms with Crippen molar-refractivity contribution in [2.24, 2.45) is 0 Å². The largest absolute Gasteiger partial charge is 0.373 e. The predicted molar refractivity (Wildman–Crippen MR) is 80.6 cm³/mol. The first kappa shape index (κ1) is 15.5. The molecule has 1 aliphatic heterocycles. The third-order valence-corrected chi connectivity index (χ3v) is 4.60. The maximum atomic E-state index is 11.5. The number of sulfone groups is 1. The second kappa shape index (κ2) is 6.70. The van der Waals surface area contributed by atoms with Crippen molar-refractivity contribution in [3.05, 3.63) is 35.4 Å². The van der Waals surface area contributed by atoms with E-state index in [-0.39, 0.29) is 17.9 Å². The number of hydrogen-bond acceptors (Lipinski definition) is 4. The van der Waals surface area contributed by atoms with Crippen molar-refractivity contribution in [1.29, 1.82) is 0 Å². The molecule has 1 heterocycles. The van der Waals surface area contributed by atoms with E-state index in [0.717, 1.165) is 13.0 Å². The Morgan fingerprint density at radius 1 is 1.40 bits per heavy atom. The molecule has 0 aromatic heterocycles. The average molecular weight is 297 g/mol. The van der Waals surface area contributed by atoms with Gasteiger partial charge in [-0.15, -0.1) is 0 Å². The molecule has 2 atom stereocenters. The van der Waals surface area contributed by atoms with E-state index in [2.05, 4.69) is 17.4 Å². The molecular formula is C15H23NO3S. The smallest absolute Gasteiger partial charge is 0.148 e. The molecule has 0 radical (unpaired) electrons. The van der Waals surface area contributed by atoms with Crippen molar-refractivity contribution >= 4 is 9.84 Å². The van der Waals surface area contributed by atoms with Crippen molar-refractivity contribution < 1.29 is 13.2 Å². The molecule has 0 amide bonds. The van der Waals surface area contributed by atoms with Gasteiger partial charge in [0, 0.05) is 12.3 Å². The number of ether oxygens (including phenoxy) is 1. The van der Waals surface area contributed by atoms with Crippen LogP contribution < -0.4 is 5.32 Å². The minimum absolute atomic E-state index is 0.00856. The van der Waals surface area contributed by atoms with Crippen LogP contribution in [0.4, 0.5) is 0 Å².